The zero-order valence-electron chi connectivity index (χ0n) is 7.18. The molecule has 1 fully saturated rings. The molecule has 0 aromatic rings. The Labute approximate surface area is 77.6 Å². The minimum atomic E-state index is 0.543. The summed E-state index contributed by atoms with van der Waals surface area (Å²) >= 11 is 3.49. The zero-order chi connectivity index (χ0) is 8.10. The van der Waals surface area contributed by atoms with Gasteiger partial charge in [-0.15, -0.1) is 0 Å². The molecule has 0 heterocycles. The normalized spacial score (nSPS) is 32.2. The lowest BCUT2D eigenvalue weighted by molar-refractivity contribution is 0.0229. The van der Waals surface area contributed by atoms with Crippen molar-refractivity contribution in [1.29, 1.82) is 0 Å². The molecule has 0 amide bonds. The molecule has 0 radical (unpaired) electrons. The fourth-order valence-electron chi connectivity index (χ4n) is 1.95. The van der Waals surface area contributed by atoms with Gasteiger partial charge in [-0.3, -0.25) is 0 Å². The molecular formula is C9H17BrO. The number of hydrogen-bond acceptors (Lipinski definition) is 1. The lowest BCUT2D eigenvalue weighted by atomic mass is 9.85. The van der Waals surface area contributed by atoms with Crippen molar-refractivity contribution in [3.05, 3.63) is 0 Å². The van der Waals surface area contributed by atoms with Gasteiger partial charge in [-0.05, 0) is 25.2 Å². The van der Waals surface area contributed by atoms with E-state index in [2.05, 4.69) is 15.9 Å². The SMILES string of the molecule is CO[C@@H]1CCCC[C@@H]1CCBr. The molecule has 1 nitrogen and oxygen atoms in total. The van der Waals surface area contributed by atoms with Crippen molar-refractivity contribution in [3.63, 3.8) is 0 Å². The molecule has 2 atom stereocenters. The summed E-state index contributed by atoms with van der Waals surface area (Å²) in [6.45, 7) is 0. The van der Waals surface area contributed by atoms with Gasteiger partial charge in [-0.25, -0.2) is 0 Å². The number of hydrogen-bond donors (Lipinski definition) is 0. The molecule has 0 unspecified atom stereocenters. The molecule has 0 saturated heterocycles. The molecule has 0 spiro atoms. The predicted molar refractivity (Wildman–Crippen MR) is 51.2 cm³/mol. The summed E-state index contributed by atoms with van der Waals surface area (Å²) in [5.41, 5.74) is 0. The second kappa shape index (κ2) is 5.15. The number of methoxy groups -OCH3 is 1. The fraction of sp³-hybridized carbons (Fsp3) is 1.00. The van der Waals surface area contributed by atoms with Crippen LogP contribution in [0.2, 0.25) is 0 Å². The average Bonchev–Trinajstić information content (AvgIpc) is 2.06. The minimum absolute atomic E-state index is 0.543. The van der Waals surface area contributed by atoms with Gasteiger partial charge in [-0.2, -0.15) is 0 Å². The summed E-state index contributed by atoms with van der Waals surface area (Å²) in [5.74, 6) is 0.813. The minimum Gasteiger partial charge on any atom is -0.381 e. The largest absolute Gasteiger partial charge is 0.381 e. The van der Waals surface area contributed by atoms with Crippen LogP contribution in [0.25, 0.3) is 0 Å². The van der Waals surface area contributed by atoms with E-state index in [-0.39, 0.29) is 0 Å². The second-order valence-corrected chi connectivity index (χ2v) is 4.09. The Morgan fingerprint density at radius 3 is 2.73 bits per heavy atom. The highest BCUT2D eigenvalue weighted by Gasteiger charge is 2.23. The standard InChI is InChI=1S/C9H17BrO/c1-11-9-5-3-2-4-8(9)6-7-10/h8-9H,2-7H2,1H3/t8-,9-/m1/s1. The van der Waals surface area contributed by atoms with E-state index in [4.69, 9.17) is 4.74 Å². The molecule has 2 heteroatoms. The molecule has 1 saturated carbocycles. The van der Waals surface area contributed by atoms with Crippen molar-refractivity contribution in [1.82, 2.24) is 0 Å². The smallest absolute Gasteiger partial charge is 0.0599 e. The molecule has 1 aliphatic rings. The summed E-state index contributed by atoms with van der Waals surface area (Å²) < 4.78 is 5.44. The third kappa shape index (κ3) is 2.75. The fourth-order valence-corrected chi connectivity index (χ4v) is 2.54. The first-order valence-corrected chi connectivity index (χ1v) is 5.59. The molecule has 66 valence electrons. The first-order valence-electron chi connectivity index (χ1n) is 4.47. The molecule has 11 heavy (non-hydrogen) atoms. The van der Waals surface area contributed by atoms with E-state index < -0.39 is 0 Å². The van der Waals surface area contributed by atoms with Crippen molar-refractivity contribution in [2.75, 3.05) is 12.4 Å². The number of alkyl halides is 1. The van der Waals surface area contributed by atoms with Crippen LogP contribution in [-0.4, -0.2) is 18.5 Å². The molecule has 0 N–H and O–H groups in total. The van der Waals surface area contributed by atoms with Gasteiger partial charge < -0.3 is 4.74 Å². The van der Waals surface area contributed by atoms with Crippen LogP contribution in [0.5, 0.6) is 0 Å². The lowest BCUT2D eigenvalue weighted by Gasteiger charge is -2.29. The van der Waals surface area contributed by atoms with Crippen molar-refractivity contribution in [2.24, 2.45) is 5.92 Å². The Kier molecular flexibility index (Phi) is 4.46. The highest BCUT2D eigenvalue weighted by Crippen LogP contribution is 2.29. The van der Waals surface area contributed by atoms with E-state index in [1.807, 2.05) is 7.11 Å². The summed E-state index contributed by atoms with van der Waals surface area (Å²) in [4.78, 5) is 0. The molecule has 0 aromatic heterocycles. The molecule has 0 bridgehead atoms. The third-order valence-electron chi connectivity index (χ3n) is 2.62. The summed E-state index contributed by atoms with van der Waals surface area (Å²) in [6, 6.07) is 0. The summed E-state index contributed by atoms with van der Waals surface area (Å²) in [5, 5.41) is 1.12. The second-order valence-electron chi connectivity index (χ2n) is 3.30. The highest BCUT2D eigenvalue weighted by molar-refractivity contribution is 9.09. The Hall–Kier alpha value is 0.440. The van der Waals surface area contributed by atoms with E-state index >= 15 is 0 Å². The quantitative estimate of drug-likeness (QED) is 0.665. The first kappa shape index (κ1) is 9.53. The predicted octanol–water partition coefficient (Wildman–Crippen LogP) is 2.98. The van der Waals surface area contributed by atoms with E-state index in [0.29, 0.717) is 6.10 Å². The molecular weight excluding hydrogens is 204 g/mol. The van der Waals surface area contributed by atoms with Gasteiger partial charge in [0.15, 0.2) is 0 Å². The lowest BCUT2D eigenvalue weighted by Crippen LogP contribution is -2.26. The summed E-state index contributed by atoms with van der Waals surface area (Å²) in [7, 11) is 1.84. The van der Waals surface area contributed by atoms with Gasteiger partial charge >= 0.3 is 0 Å². The van der Waals surface area contributed by atoms with Gasteiger partial charge in [0.05, 0.1) is 6.10 Å². The summed E-state index contributed by atoms with van der Waals surface area (Å²) in [6.07, 6.45) is 7.22. The number of ether oxygens (including phenoxy) is 1. The van der Waals surface area contributed by atoms with Crippen LogP contribution in [0.4, 0.5) is 0 Å². The molecule has 1 rings (SSSR count). The van der Waals surface area contributed by atoms with Crippen molar-refractivity contribution in [2.45, 2.75) is 38.2 Å². The monoisotopic (exact) mass is 220 g/mol. The van der Waals surface area contributed by atoms with Crippen molar-refractivity contribution < 1.29 is 4.74 Å². The van der Waals surface area contributed by atoms with E-state index in [1.54, 1.807) is 0 Å². The highest BCUT2D eigenvalue weighted by atomic mass is 79.9. The first-order chi connectivity index (χ1) is 5.38. The van der Waals surface area contributed by atoms with Crippen molar-refractivity contribution in [3.8, 4) is 0 Å². The van der Waals surface area contributed by atoms with Crippen molar-refractivity contribution >= 4 is 15.9 Å². The maximum atomic E-state index is 5.44. The molecule has 0 aliphatic heterocycles. The van der Waals surface area contributed by atoms with Crippen LogP contribution in [0.15, 0.2) is 0 Å². The zero-order valence-corrected chi connectivity index (χ0v) is 8.77. The van der Waals surface area contributed by atoms with Gasteiger partial charge in [-0.1, -0.05) is 28.8 Å². The van der Waals surface area contributed by atoms with Crippen LogP contribution in [-0.2, 0) is 4.74 Å². The van der Waals surface area contributed by atoms with E-state index in [0.717, 1.165) is 11.2 Å². The number of rotatable bonds is 3. The van der Waals surface area contributed by atoms with Crippen LogP contribution >= 0.6 is 15.9 Å². The van der Waals surface area contributed by atoms with Gasteiger partial charge in [0.1, 0.15) is 0 Å². The maximum absolute atomic E-state index is 5.44. The third-order valence-corrected chi connectivity index (χ3v) is 3.08. The molecule has 1 aliphatic carbocycles. The van der Waals surface area contributed by atoms with Crippen LogP contribution in [0.1, 0.15) is 32.1 Å². The topological polar surface area (TPSA) is 9.23 Å². The van der Waals surface area contributed by atoms with Gasteiger partial charge in [0.25, 0.3) is 0 Å². The van der Waals surface area contributed by atoms with E-state index in [9.17, 15) is 0 Å². The Morgan fingerprint density at radius 2 is 2.09 bits per heavy atom. The van der Waals surface area contributed by atoms with E-state index in [1.165, 1.54) is 32.1 Å². The van der Waals surface area contributed by atoms with Gasteiger partial charge in [0, 0.05) is 12.4 Å². The molecule has 0 aromatic carbocycles. The van der Waals surface area contributed by atoms with Gasteiger partial charge in [0.2, 0.25) is 0 Å². The van der Waals surface area contributed by atoms with Crippen LogP contribution in [0, 0.1) is 5.92 Å². The van der Waals surface area contributed by atoms with Crippen LogP contribution < -0.4 is 0 Å². The number of halogens is 1. The maximum Gasteiger partial charge on any atom is 0.0599 e. The Morgan fingerprint density at radius 1 is 1.36 bits per heavy atom. The Bertz CT molecular complexity index is 104. The van der Waals surface area contributed by atoms with Crippen LogP contribution in [0.3, 0.4) is 0 Å². The average molecular weight is 221 g/mol. The Balaban J connectivity index is 2.31.